The summed E-state index contributed by atoms with van der Waals surface area (Å²) in [5.74, 6) is 1.17. The number of hydrogen-bond donors (Lipinski definition) is 1. The average molecular weight is 286 g/mol. The lowest BCUT2D eigenvalue weighted by Crippen LogP contribution is -2.35. The first kappa shape index (κ1) is 14.5. The van der Waals surface area contributed by atoms with E-state index in [1.165, 1.54) is 30.7 Å². The minimum absolute atomic E-state index is 0.689. The lowest BCUT2D eigenvalue weighted by atomic mass is 10.2. The maximum atomic E-state index is 4.80. The number of hydrogen-bond acceptors (Lipinski definition) is 3. The van der Waals surface area contributed by atoms with Crippen LogP contribution in [0.1, 0.15) is 32.0 Å². The first-order valence-corrected chi connectivity index (χ1v) is 8.14. The highest BCUT2D eigenvalue weighted by atomic mass is 15.2. The van der Waals surface area contributed by atoms with Crippen LogP contribution >= 0.6 is 0 Å². The minimum atomic E-state index is 0.689. The van der Waals surface area contributed by atoms with Gasteiger partial charge in [0.05, 0.1) is 17.6 Å². The Morgan fingerprint density at radius 1 is 1.33 bits per heavy atom. The Balaban J connectivity index is 1.69. The van der Waals surface area contributed by atoms with Gasteiger partial charge in [0.15, 0.2) is 0 Å². The third kappa shape index (κ3) is 3.11. The van der Waals surface area contributed by atoms with Crippen LogP contribution in [-0.2, 0) is 13.1 Å². The summed E-state index contributed by atoms with van der Waals surface area (Å²) in [5, 5.41) is 3.61. The second-order valence-electron chi connectivity index (χ2n) is 6.08. The topological polar surface area (TPSA) is 33.1 Å². The van der Waals surface area contributed by atoms with Gasteiger partial charge in [-0.1, -0.05) is 19.1 Å². The van der Waals surface area contributed by atoms with Crippen molar-refractivity contribution in [3.05, 3.63) is 30.1 Å². The number of nitrogens with zero attached hydrogens (tertiary/aromatic N) is 3. The molecule has 1 aliphatic heterocycles. The number of aryl methyl sites for hydroxylation is 1. The number of para-hydroxylation sites is 2. The normalized spacial score (nSPS) is 19.6. The molecular weight excluding hydrogens is 260 g/mol. The Kier molecular flexibility index (Phi) is 4.56. The SMILES string of the molecule is CCCn1c(CNCC2CCCN2C)nc2ccccc21. The summed E-state index contributed by atoms with van der Waals surface area (Å²) in [6.07, 6.45) is 3.78. The summed E-state index contributed by atoms with van der Waals surface area (Å²) in [6, 6.07) is 9.13. The van der Waals surface area contributed by atoms with Crippen molar-refractivity contribution in [2.75, 3.05) is 20.1 Å². The van der Waals surface area contributed by atoms with E-state index >= 15 is 0 Å². The number of likely N-dealkylation sites (N-methyl/N-ethyl adjacent to an activating group) is 1. The van der Waals surface area contributed by atoms with Crippen molar-refractivity contribution in [2.45, 2.75) is 45.3 Å². The molecule has 1 atom stereocenters. The first-order chi connectivity index (χ1) is 10.3. The molecule has 114 valence electrons. The molecule has 0 spiro atoms. The molecule has 21 heavy (non-hydrogen) atoms. The van der Waals surface area contributed by atoms with Gasteiger partial charge in [-0.2, -0.15) is 0 Å². The molecule has 1 fully saturated rings. The Bertz CT molecular complexity index is 589. The molecule has 0 saturated carbocycles. The number of imidazole rings is 1. The van der Waals surface area contributed by atoms with Gasteiger partial charge >= 0.3 is 0 Å². The van der Waals surface area contributed by atoms with Crippen molar-refractivity contribution in [3.8, 4) is 0 Å². The molecule has 0 radical (unpaired) electrons. The number of fused-ring (bicyclic) bond motifs is 1. The highest BCUT2D eigenvalue weighted by Gasteiger charge is 2.20. The summed E-state index contributed by atoms with van der Waals surface area (Å²) in [5.41, 5.74) is 2.37. The molecule has 1 saturated heterocycles. The highest BCUT2D eigenvalue weighted by molar-refractivity contribution is 5.75. The molecule has 2 aromatic rings. The Morgan fingerprint density at radius 3 is 2.95 bits per heavy atom. The van der Waals surface area contributed by atoms with Gasteiger partial charge in [-0.05, 0) is 45.0 Å². The summed E-state index contributed by atoms with van der Waals surface area (Å²) >= 11 is 0. The van der Waals surface area contributed by atoms with E-state index in [2.05, 4.69) is 53.0 Å². The molecule has 1 aromatic heterocycles. The van der Waals surface area contributed by atoms with Crippen molar-refractivity contribution in [1.82, 2.24) is 19.8 Å². The molecule has 1 unspecified atom stereocenters. The maximum Gasteiger partial charge on any atom is 0.123 e. The van der Waals surface area contributed by atoms with Crippen molar-refractivity contribution >= 4 is 11.0 Å². The van der Waals surface area contributed by atoms with Gasteiger partial charge in [0.1, 0.15) is 5.82 Å². The van der Waals surface area contributed by atoms with Gasteiger partial charge in [0.25, 0.3) is 0 Å². The fourth-order valence-corrected chi connectivity index (χ4v) is 3.32. The lowest BCUT2D eigenvalue weighted by Gasteiger charge is -2.19. The van der Waals surface area contributed by atoms with Gasteiger partial charge in [-0.25, -0.2) is 4.98 Å². The van der Waals surface area contributed by atoms with Crippen molar-refractivity contribution in [2.24, 2.45) is 0 Å². The smallest absolute Gasteiger partial charge is 0.123 e. The first-order valence-electron chi connectivity index (χ1n) is 8.14. The zero-order valence-electron chi connectivity index (χ0n) is 13.2. The van der Waals surface area contributed by atoms with E-state index in [4.69, 9.17) is 4.98 Å². The van der Waals surface area contributed by atoms with Crippen LogP contribution in [-0.4, -0.2) is 40.6 Å². The summed E-state index contributed by atoms with van der Waals surface area (Å²) in [7, 11) is 2.23. The molecule has 4 nitrogen and oxygen atoms in total. The molecule has 3 rings (SSSR count). The van der Waals surface area contributed by atoms with Crippen LogP contribution in [0.4, 0.5) is 0 Å². The standard InChI is InChI=1S/C17H26N4/c1-3-10-21-16-9-5-4-8-15(16)19-17(21)13-18-12-14-7-6-11-20(14)2/h4-5,8-9,14,18H,3,6-7,10-13H2,1-2H3. The van der Waals surface area contributed by atoms with Crippen LogP contribution in [0.15, 0.2) is 24.3 Å². The maximum absolute atomic E-state index is 4.80. The molecule has 0 bridgehead atoms. The monoisotopic (exact) mass is 286 g/mol. The number of benzene rings is 1. The summed E-state index contributed by atoms with van der Waals surface area (Å²) < 4.78 is 2.36. The molecule has 1 aromatic carbocycles. The van der Waals surface area contributed by atoms with E-state index in [0.29, 0.717) is 6.04 Å². The number of rotatable bonds is 6. The molecule has 2 heterocycles. The summed E-state index contributed by atoms with van der Waals surface area (Å²) in [4.78, 5) is 7.26. The summed E-state index contributed by atoms with van der Waals surface area (Å²) in [6.45, 7) is 6.42. The molecule has 0 aliphatic carbocycles. The largest absolute Gasteiger partial charge is 0.327 e. The number of aromatic nitrogens is 2. The van der Waals surface area contributed by atoms with E-state index in [1.54, 1.807) is 0 Å². The van der Waals surface area contributed by atoms with E-state index < -0.39 is 0 Å². The molecule has 1 N–H and O–H groups in total. The van der Waals surface area contributed by atoms with E-state index in [0.717, 1.165) is 31.6 Å². The molecule has 0 amide bonds. The molecular formula is C17H26N4. The van der Waals surface area contributed by atoms with Gasteiger partial charge < -0.3 is 14.8 Å². The highest BCUT2D eigenvalue weighted by Crippen LogP contribution is 2.17. The van der Waals surface area contributed by atoms with Crippen LogP contribution in [0, 0.1) is 0 Å². The molecule has 4 heteroatoms. The number of likely N-dealkylation sites (tertiary alicyclic amines) is 1. The zero-order chi connectivity index (χ0) is 14.7. The van der Waals surface area contributed by atoms with E-state index in [9.17, 15) is 0 Å². The van der Waals surface area contributed by atoms with Crippen LogP contribution in [0.25, 0.3) is 11.0 Å². The quantitative estimate of drug-likeness (QED) is 0.886. The number of nitrogens with one attached hydrogen (secondary N) is 1. The lowest BCUT2D eigenvalue weighted by molar-refractivity contribution is 0.299. The van der Waals surface area contributed by atoms with Crippen molar-refractivity contribution in [1.29, 1.82) is 0 Å². The minimum Gasteiger partial charge on any atom is -0.327 e. The molecule has 1 aliphatic rings. The van der Waals surface area contributed by atoms with Crippen LogP contribution in [0.5, 0.6) is 0 Å². The predicted molar refractivity (Wildman–Crippen MR) is 87.4 cm³/mol. The second kappa shape index (κ2) is 6.58. The van der Waals surface area contributed by atoms with Gasteiger partial charge in [-0.15, -0.1) is 0 Å². The van der Waals surface area contributed by atoms with Crippen LogP contribution in [0.3, 0.4) is 0 Å². The zero-order valence-corrected chi connectivity index (χ0v) is 13.2. The predicted octanol–water partition coefficient (Wildman–Crippen LogP) is 2.63. The van der Waals surface area contributed by atoms with Gasteiger partial charge in [-0.3, -0.25) is 0 Å². The fraction of sp³-hybridized carbons (Fsp3) is 0.588. The second-order valence-corrected chi connectivity index (χ2v) is 6.08. The Hall–Kier alpha value is -1.39. The van der Waals surface area contributed by atoms with Gasteiger partial charge in [0, 0.05) is 19.1 Å². The van der Waals surface area contributed by atoms with E-state index in [1.807, 2.05) is 0 Å². The Morgan fingerprint density at radius 2 is 2.19 bits per heavy atom. The fourth-order valence-electron chi connectivity index (χ4n) is 3.32. The third-order valence-electron chi connectivity index (χ3n) is 4.52. The van der Waals surface area contributed by atoms with Crippen molar-refractivity contribution < 1.29 is 0 Å². The average Bonchev–Trinajstić information content (AvgIpc) is 3.05. The van der Waals surface area contributed by atoms with Crippen molar-refractivity contribution in [3.63, 3.8) is 0 Å². The van der Waals surface area contributed by atoms with Crippen LogP contribution < -0.4 is 5.32 Å². The Labute approximate surface area is 127 Å². The van der Waals surface area contributed by atoms with Crippen LogP contribution in [0.2, 0.25) is 0 Å². The third-order valence-corrected chi connectivity index (χ3v) is 4.52. The van der Waals surface area contributed by atoms with E-state index in [-0.39, 0.29) is 0 Å². The van der Waals surface area contributed by atoms with Gasteiger partial charge in [0.2, 0.25) is 0 Å².